The van der Waals surface area contributed by atoms with E-state index in [-0.39, 0.29) is 10.8 Å². The van der Waals surface area contributed by atoms with Crippen molar-refractivity contribution >= 4 is 15.7 Å². The summed E-state index contributed by atoms with van der Waals surface area (Å²) in [5, 5.41) is 13.2. The highest BCUT2D eigenvalue weighted by atomic mass is 32.2. The molecule has 0 unspecified atom stereocenters. The van der Waals surface area contributed by atoms with E-state index in [4.69, 9.17) is 0 Å². The van der Waals surface area contributed by atoms with Crippen LogP contribution in [0.4, 0.5) is 5.69 Å². The van der Waals surface area contributed by atoms with Gasteiger partial charge in [-0.3, -0.25) is 9.40 Å². The number of sulfonamides is 1. The van der Waals surface area contributed by atoms with E-state index in [1.807, 2.05) is 0 Å². The zero-order valence-corrected chi connectivity index (χ0v) is 10.8. The first-order valence-electron chi connectivity index (χ1n) is 5.20. The Labute approximate surface area is 105 Å². The Hall–Kier alpha value is -2.02. The molecular formula is C11H13N3O3S. The van der Waals surface area contributed by atoms with Crippen molar-refractivity contribution in [2.24, 2.45) is 7.05 Å². The molecule has 2 N–H and O–H groups in total. The first kappa shape index (κ1) is 12.4. The third-order valence-electron chi connectivity index (χ3n) is 2.51. The molecule has 0 saturated carbocycles. The summed E-state index contributed by atoms with van der Waals surface area (Å²) in [6, 6.07) is 5.84. The highest BCUT2D eigenvalue weighted by Crippen LogP contribution is 2.22. The standard InChI is InChI=1S/C11H13N3O3S/c1-8-7-9(15)3-4-10(8)13-18(16,17)11-5-6-12-14(11)2/h3-7,13,15H,1-2H3. The fourth-order valence-electron chi connectivity index (χ4n) is 1.58. The summed E-state index contributed by atoms with van der Waals surface area (Å²) in [5.74, 6) is 0.0935. The summed E-state index contributed by atoms with van der Waals surface area (Å²) in [6.45, 7) is 1.71. The van der Waals surface area contributed by atoms with Crippen LogP contribution in [-0.4, -0.2) is 23.3 Å². The highest BCUT2D eigenvalue weighted by molar-refractivity contribution is 7.92. The molecule has 1 heterocycles. The molecular weight excluding hydrogens is 254 g/mol. The number of phenolic OH excluding ortho intramolecular Hbond substituents is 1. The Kier molecular flexibility index (Phi) is 3.00. The number of aryl methyl sites for hydroxylation is 2. The summed E-state index contributed by atoms with van der Waals surface area (Å²) < 4.78 is 27.9. The van der Waals surface area contributed by atoms with Gasteiger partial charge in [0.05, 0.1) is 11.9 Å². The van der Waals surface area contributed by atoms with Gasteiger partial charge in [0.15, 0.2) is 5.03 Å². The molecule has 0 aliphatic rings. The van der Waals surface area contributed by atoms with Crippen LogP contribution in [0.2, 0.25) is 0 Å². The van der Waals surface area contributed by atoms with Gasteiger partial charge in [-0.15, -0.1) is 0 Å². The summed E-state index contributed by atoms with van der Waals surface area (Å²) >= 11 is 0. The fourth-order valence-corrected chi connectivity index (χ4v) is 2.84. The zero-order chi connectivity index (χ0) is 13.3. The van der Waals surface area contributed by atoms with Crippen molar-refractivity contribution in [1.82, 2.24) is 9.78 Å². The van der Waals surface area contributed by atoms with Crippen molar-refractivity contribution in [3.63, 3.8) is 0 Å². The first-order chi connectivity index (χ1) is 8.40. The third-order valence-corrected chi connectivity index (χ3v) is 3.95. The molecule has 1 aromatic carbocycles. The Bertz CT molecular complexity index is 677. The molecule has 0 radical (unpaired) electrons. The lowest BCUT2D eigenvalue weighted by atomic mass is 10.2. The molecule has 18 heavy (non-hydrogen) atoms. The molecule has 1 aromatic heterocycles. The van der Waals surface area contributed by atoms with Crippen molar-refractivity contribution in [2.45, 2.75) is 11.9 Å². The molecule has 0 aliphatic heterocycles. The molecule has 2 aromatic rings. The van der Waals surface area contributed by atoms with E-state index in [0.717, 1.165) is 0 Å². The maximum Gasteiger partial charge on any atom is 0.279 e. The maximum absolute atomic E-state index is 12.1. The molecule has 0 aliphatic carbocycles. The minimum atomic E-state index is -3.67. The Morgan fingerprint density at radius 1 is 1.33 bits per heavy atom. The largest absolute Gasteiger partial charge is 0.508 e. The van der Waals surface area contributed by atoms with Gasteiger partial charge in [0.25, 0.3) is 10.0 Å². The van der Waals surface area contributed by atoms with Gasteiger partial charge in [0, 0.05) is 7.05 Å². The molecule has 0 saturated heterocycles. The number of hydrogen-bond acceptors (Lipinski definition) is 4. The van der Waals surface area contributed by atoms with E-state index < -0.39 is 10.0 Å². The second-order valence-corrected chi connectivity index (χ2v) is 5.53. The van der Waals surface area contributed by atoms with E-state index in [1.54, 1.807) is 14.0 Å². The molecule has 6 nitrogen and oxygen atoms in total. The molecule has 0 amide bonds. The van der Waals surface area contributed by atoms with Gasteiger partial charge in [-0.1, -0.05) is 0 Å². The third kappa shape index (κ3) is 2.30. The summed E-state index contributed by atoms with van der Waals surface area (Å²) in [4.78, 5) is 0. The van der Waals surface area contributed by atoms with Gasteiger partial charge >= 0.3 is 0 Å². The molecule has 96 valence electrons. The van der Waals surface area contributed by atoms with Crippen LogP contribution < -0.4 is 4.72 Å². The van der Waals surface area contributed by atoms with Crippen LogP contribution in [0.5, 0.6) is 5.75 Å². The van der Waals surface area contributed by atoms with E-state index >= 15 is 0 Å². The van der Waals surface area contributed by atoms with Crippen molar-refractivity contribution in [3.05, 3.63) is 36.0 Å². The monoisotopic (exact) mass is 267 g/mol. The van der Waals surface area contributed by atoms with Crippen LogP contribution in [0, 0.1) is 6.92 Å². The number of nitrogens with one attached hydrogen (secondary N) is 1. The summed E-state index contributed by atoms with van der Waals surface area (Å²) in [5.41, 5.74) is 1.06. The lowest BCUT2D eigenvalue weighted by Gasteiger charge is -2.10. The molecule has 0 atom stereocenters. The van der Waals surface area contributed by atoms with Crippen LogP contribution >= 0.6 is 0 Å². The second kappa shape index (κ2) is 4.34. The predicted molar refractivity (Wildman–Crippen MR) is 66.9 cm³/mol. The van der Waals surface area contributed by atoms with Crippen LogP contribution in [-0.2, 0) is 17.1 Å². The van der Waals surface area contributed by atoms with Crippen LogP contribution in [0.1, 0.15) is 5.56 Å². The Morgan fingerprint density at radius 3 is 2.61 bits per heavy atom. The molecule has 0 spiro atoms. The molecule has 0 bridgehead atoms. The molecule has 0 fully saturated rings. The average Bonchev–Trinajstić information content (AvgIpc) is 2.69. The van der Waals surface area contributed by atoms with Crippen molar-refractivity contribution < 1.29 is 13.5 Å². The molecule has 7 heteroatoms. The quantitative estimate of drug-likeness (QED) is 0.819. The number of phenols is 1. The normalized spacial score (nSPS) is 11.4. The Balaban J connectivity index is 2.37. The zero-order valence-electron chi connectivity index (χ0n) is 9.95. The van der Waals surface area contributed by atoms with E-state index in [2.05, 4.69) is 9.82 Å². The van der Waals surface area contributed by atoms with Gasteiger partial charge in [0.1, 0.15) is 5.75 Å². The number of aromatic hydroxyl groups is 1. The van der Waals surface area contributed by atoms with Crippen molar-refractivity contribution in [3.8, 4) is 5.75 Å². The predicted octanol–water partition coefficient (Wildman–Crippen LogP) is 1.23. The van der Waals surface area contributed by atoms with Gasteiger partial charge in [-0.2, -0.15) is 13.5 Å². The number of rotatable bonds is 3. The summed E-state index contributed by atoms with van der Waals surface area (Å²) in [6.07, 6.45) is 1.41. The smallest absolute Gasteiger partial charge is 0.279 e. The number of aromatic nitrogens is 2. The average molecular weight is 267 g/mol. The van der Waals surface area contributed by atoms with Crippen molar-refractivity contribution in [1.29, 1.82) is 0 Å². The first-order valence-corrected chi connectivity index (χ1v) is 6.69. The van der Waals surface area contributed by atoms with E-state index in [0.29, 0.717) is 11.3 Å². The lowest BCUT2D eigenvalue weighted by Crippen LogP contribution is -2.17. The number of benzene rings is 1. The minimum absolute atomic E-state index is 0.0787. The van der Waals surface area contributed by atoms with E-state index in [9.17, 15) is 13.5 Å². The van der Waals surface area contributed by atoms with E-state index in [1.165, 1.54) is 35.1 Å². The van der Waals surface area contributed by atoms with Crippen molar-refractivity contribution in [2.75, 3.05) is 4.72 Å². The SMILES string of the molecule is Cc1cc(O)ccc1NS(=O)(=O)c1ccnn1C. The Morgan fingerprint density at radius 2 is 2.06 bits per heavy atom. The highest BCUT2D eigenvalue weighted by Gasteiger charge is 2.18. The number of nitrogens with zero attached hydrogens (tertiary/aromatic N) is 2. The van der Waals surface area contributed by atoms with Crippen LogP contribution in [0.15, 0.2) is 35.5 Å². The summed E-state index contributed by atoms with van der Waals surface area (Å²) in [7, 11) is -2.11. The molecule has 2 rings (SSSR count). The maximum atomic E-state index is 12.1. The fraction of sp³-hybridized carbons (Fsp3) is 0.182. The lowest BCUT2D eigenvalue weighted by molar-refractivity contribution is 0.475. The van der Waals surface area contributed by atoms with Gasteiger partial charge in [-0.25, -0.2) is 0 Å². The second-order valence-electron chi connectivity index (χ2n) is 3.90. The van der Waals surface area contributed by atoms with Gasteiger partial charge in [-0.05, 0) is 36.8 Å². The van der Waals surface area contributed by atoms with Crippen LogP contribution in [0.25, 0.3) is 0 Å². The topological polar surface area (TPSA) is 84.2 Å². The van der Waals surface area contributed by atoms with Gasteiger partial charge in [0.2, 0.25) is 0 Å². The van der Waals surface area contributed by atoms with Gasteiger partial charge < -0.3 is 5.11 Å². The van der Waals surface area contributed by atoms with Crippen LogP contribution in [0.3, 0.4) is 0 Å². The number of anilines is 1. The number of hydrogen-bond donors (Lipinski definition) is 2. The minimum Gasteiger partial charge on any atom is -0.508 e.